The largest absolute Gasteiger partial charge is 0.416 e. The minimum absolute atomic E-state index is 0.0211. The number of carbonyl (C=O) groups is 2. The van der Waals surface area contributed by atoms with Crippen LogP contribution in [0.15, 0.2) is 97.6 Å². The Morgan fingerprint density at radius 1 is 0.609 bits per heavy atom. The van der Waals surface area contributed by atoms with Gasteiger partial charge in [0.25, 0.3) is 0 Å². The predicted molar refractivity (Wildman–Crippen MR) is 222 cm³/mol. The van der Waals surface area contributed by atoms with E-state index in [0.717, 1.165) is 35.4 Å². The number of hydrogen-bond donors (Lipinski definition) is 0. The second kappa shape index (κ2) is 19.6. The lowest BCUT2D eigenvalue weighted by atomic mass is 10.1. The number of benzene rings is 2. The van der Waals surface area contributed by atoms with Crippen molar-refractivity contribution in [1.82, 2.24) is 60.4 Å². The standard InChI is InChI=1S/2C21H17F3N6OS/c1-13-18(17(31)9-6-14-3-2-10-25-11-14)32-20(26-13)19-27-28-29-30(19)12-15-4-7-16(8-5-15)21(22,23)24;1-13-18(17(31)9-6-14-3-2-10-25-11-14)32-20(26-13)19-27-29-30(28-19)12-15-4-7-16(8-5-15)21(22,23)24/h2*2-5,7-8,10-11H,6,9,12H2,1H3. The fraction of sp³-hybridized carbons (Fsp3) is 0.238. The average molecular weight is 917 g/mol. The van der Waals surface area contributed by atoms with Gasteiger partial charge < -0.3 is 0 Å². The van der Waals surface area contributed by atoms with E-state index in [2.05, 4.69) is 50.9 Å². The highest BCUT2D eigenvalue weighted by molar-refractivity contribution is 7.17. The highest BCUT2D eigenvalue weighted by atomic mass is 32.1. The van der Waals surface area contributed by atoms with Crippen LogP contribution >= 0.6 is 22.7 Å². The van der Waals surface area contributed by atoms with Gasteiger partial charge in [0.05, 0.1) is 45.4 Å². The molecule has 6 heterocycles. The highest BCUT2D eigenvalue weighted by Gasteiger charge is 2.31. The first kappa shape index (κ1) is 45.1. The zero-order valence-electron chi connectivity index (χ0n) is 33.7. The zero-order chi connectivity index (χ0) is 45.4. The number of thiazole rings is 2. The van der Waals surface area contributed by atoms with Gasteiger partial charge in [-0.25, -0.2) is 14.6 Å². The Morgan fingerprint density at radius 2 is 1.11 bits per heavy atom. The molecule has 0 spiro atoms. The third-order valence-corrected chi connectivity index (χ3v) is 11.8. The number of carbonyl (C=O) groups excluding carboxylic acids is 2. The quantitative estimate of drug-likeness (QED) is 0.0751. The zero-order valence-corrected chi connectivity index (χ0v) is 35.4. The molecule has 0 saturated heterocycles. The van der Waals surface area contributed by atoms with Crippen molar-refractivity contribution >= 4 is 34.2 Å². The van der Waals surface area contributed by atoms with Gasteiger partial charge in [-0.2, -0.15) is 31.1 Å². The van der Waals surface area contributed by atoms with Gasteiger partial charge in [-0.3, -0.25) is 19.6 Å². The molecule has 2 aromatic carbocycles. The summed E-state index contributed by atoms with van der Waals surface area (Å²) < 4.78 is 77.8. The summed E-state index contributed by atoms with van der Waals surface area (Å²) in [5.41, 5.74) is 2.91. The molecular weight excluding hydrogens is 883 g/mol. The molecule has 14 nitrogen and oxygen atoms in total. The molecule has 0 atom stereocenters. The molecule has 0 fully saturated rings. The lowest BCUT2D eigenvalue weighted by molar-refractivity contribution is -0.138. The molecule has 0 radical (unpaired) electrons. The van der Waals surface area contributed by atoms with Gasteiger partial charge in [0, 0.05) is 37.6 Å². The van der Waals surface area contributed by atoms with Gasteiger partial charge in [-0.05, 0) is 101 Å². The molecule has 8 rings (SSSR count). The molecule has 0 amide bonds. The molecule has 22 heteroatoms. The first-order valence-corrected chi connectivity index (χ1v) is 20.9. The number of Topliss-reactive ketones (excluding diaryl/α,β-unsaturated/α-hetero) is 2. The second-order valence-corrected chi connectivity index (χ2v) is 16.1. The van der Waals surface area contributed by atoms with E-state index in [-0.39, 0.29) is 30.5 Å². The van der Waals surface area contributed by atoms with E-state index in [0.29, 0.717) is 73.8 Å². The predicted octanol–water partition coefficient (Wildman–Crippen LogP) is 8.77. The SMILES string of the molecule is Cc1nc(-c2nnn(Cc3ccc(C(F)(F)F)cc3)n2)sc1C(=O)CCc1cccnc1.Cc1nc(-c2nnnn2Cc2ccc(C(F)(F)F)cc2)sc1C(=O)CCc1cccnc1. The molecule has 0 saturated carbocycles. The molecule has 0 N–H and O–H groups in total. The van der Waals surface area contributed by atoms with Crippen molar-refractivity contribution in [2.24, 2.45) is 0 Å². The first-order chi connectivity index (χ1) is 30.6. The topological polar surface area (TPSA) is 173 Å². The van der Waals surface area contributed by atoms with E-state index in [9.17, 15) is 35.9 Å². The Morgan fingerprint density at radius 3 is 1.61 bits per heavy atom. The van der Waals surface area contributed by atoms with Gasteiger partial charge in [-0.15, -0.1) is 38.0 Å². The summed E-state index contributed by atoms with van der Waals surface area (Å²) in [5.74, 6) is 0.560. The van der Waals surface area contributed by atoms with Crippen molar-refractivity contribution in [2.45, 2.75) is 65.0 Å². The van der Waals surface area contributed by atoms with Crippen LogP contribution in [0.25, 0.3) is 21.7 Å². The molecule has 0 aliphatic rings. The number of aromatic nitrogens is 12. The summed E-state index contributed by atoms with van der Waals surface area (Å²) in [6.45, 7) is 3.83. The minimum atomic E-state index is -4.39. The highest BCUT2D eigenvalue weighted by Crippen LogP contribution is 2.32. The Bertz CT molecular complexity index is 2820. The number of alkyl halides is 6. The molecule has 0 bridgehead atoms. The van der Waals surface area contributed by atoms with Gasteiger partial charge >= 0.3 is 12.4 Å². The van der Waals surface area contributed by atoms with Crippen LogP contribution in [-0.2, 0) is 38.3 Å². The van der Waals surface area contributed by atoms with E-state index in [1.54, 1.807) is 38.6 Å². The summed E-state index contributed by atoms with van der Waals surface area (Å²) in [6, 6.07) is 17.1. The number of tetrazole rings is 2. The van der Waals surface area contributed by atoms with Crippen molar-refractivity contribution < 1.29 is 35.9 Å². The Kier molecular flexibility index (Phi) is 13.8. The fourth-order valence-corrected chi connectivity index (χ4v) is 8.11. The summed E-state index contributed by atoms with van der Waals surface area (Å²) in [4.78, 5) is 44.6. The smallest absolute Gasteiger partial charge is 0.293 e. The maximum Gasteiger partial charge on any atom is 0.416 e. The minimum Gasteiger partial charge on any atom is -0.293 e. The molecule has 8 aromatic rings. The summed E-state index contributed by atoms with van der Waals surface area (Å²) in [7, 11) is 0. The van der Waals surface area contributed by atoms with E-state index >= 15 is 0 Å². The van der Waals surface area contributed by atoms with Crippen LogP contribution in [0.1, 0.15) is 77.0 Å². The monoisotopic (exact) mass is 916 g/mol. The van der Waals surface area contributed by atoms with E-state index in [4.69, 9.17) is 0 Å². The van der Waals surface area contributed by atoms with Crippen LogP contribution < -0.4 is 0 Å². The number of aryl methyl sites for hydroxylation is 4. The molecule has 64 heavy (non-hydrogen) atoms. The van der Waals surface area contributed by atoms with Crippen molar-refractivity contribution in [1.29, 1.82) is 0 Å². The molecule has 0 aliphatic heterocycles. The van der Waals surface area contributed by atoms with Gasteiger partial charge in [0.15, 0.2) is 21.6 Å². The number of nitrogens with zero attached hydrogens (tertiary/aromatic N) is 12. The summed E-state index contributed by atoms with van der Waals surface area (Å²) >= 11 is 2.40. The first-order valence-electron chi connectivity index (χ1n) is 19.3. The van der Waals surface area contributed by atoms with Crippen LogP contribution in [-0.4, -0.2) is 71.9 Å². The molecule has 6 aromatic heterocycles. The van der Waals surface area contributed by atoms with Crippen LogP contribution in [0.5, 0.6) is 0 Å². The van der Waals surface area contributed by atoms with Crippen molar-refractivity contribution in [2.75, 3.05) is 0 Å². The van der Waals surface area contributed by atoms with Crippen molar-refractivity contribution in [3.8, 4) is 21.7 Å². The number of pyridine rings is 2. The second-order valence-electron chi connectivity index (χ2n) is 14.1. The van der Waals surface area contributed by atoms with Gasteiger partial charge in [0.2, 0.25) is 11.6 Å². The van der Waals surface area contributed by atoms with Crippen LogP contribution in [0.3, 0.4) is 0 Å². The molecule has 328 valence electrons. The Hall–Kier alpha value is -6.94. The molecular formula is C42H34F6N12O2S2. The lowest BCUT2D eigenvalue weighted by Gasteiger charge is -2.08. The number of rotatable bonds is 14. The van der Waals surface area contributed by atoms with Crippen LogP contribution in [0.2, 0.25) is 0 Å². The Balaban J connectivity index is 0.000000191. The van der Waals surface area contributed by atoms with E-state index < -0.39 is 23.5 Å². The maximum atomic E-state index is 12.8. The average Bonchev–Trinajstić information content (AvgIpc) is 4.10. The van der Waals surface area contributed by atoms with Crippen molar-refractivity contribution in [3.63, 3.8) is 0 Å². The van der Waals surface area contributed by atoms with E-state index in [1.165, 1.54) is 56.4 Å². The molecule has 0 aliphatic carbocycles. The van der Waals surface area contributed by atoms with Gasteiger partial charge in [-0.1, -0.05) is 36.4 Å². The number of halogens is 6. The fourth-order valence-electron chi connectivity index (χ4n) is 6.13. The van der Waals surface area contributed by atoms with Crippen LogP contribution in [0, 0.1) is 13.8 Å². The maximum absolute atomic E-state index is 12.8. The lowest BCUT2D eigenvalue weighted by Crippen LogP contribution is -2.07. The number of ketones is 2. The molecule has 0 unspecified atom stereocenters. The third-order valence-electron chi connectivity index (χ3n) is 9.41. The summed E-state index contributed by atoms with van der Waals surface area (Å²) in [6.07, 6.45) is -0.129. The third kappa shape index (κ3) is 11.5. The van der Waals surface area contributed by atoms with Crippen molar-refractivity contribution in [3.05, 3.63) is 152 Å². The number of hydrogen-bond acceptors (Lipinski definition) is 14. The van der Waals surface area contributed by atoms with Crippen LogP contribution in [0.4, 0.5) is 26.3 Å². The normalized spacial score (nSPS) is 11.6. The Labute approximate surface area is 368 Å². The summed E-state index contributed by atoms with van der Waals surface area (Å²) in [5, 5.41) is 24.7. The van der Waals surface area contributed by atoms with E-state index in [1.807, 2.05) is 24.3 Å². The van der Waals surface area contributed by atoms with Gasteiger partial charge in [0.1, 0.15) is 0 Å².